The van der Waals surface area contributed by atoms with Gasteiger partial charge in [-0.15, -0.1) is 0 Å². The lowest BCUT2D eigenvalue weighted by atomic mass is 10.2. The topological polar surface area (TPSA) is 53.7 Å². The van der Waals surface area contributed by atoms with Crippen LogP contribution in [0.3, 0.4) is 0 Å². The van der Waals surface area contributed by atoms with Crippen LogP contribution >= 0.6 is 15.9 Å². The molecule has 2 N–H and O–H groups in total. The number of methoxy groups -OCH3 is 1. The Labute approximate surface area is 132 Å². The van der Waals surface area contributed by atoms with E-state index in [0.29, 0.717) is 31.3 Å². The Hall–Kier alpha value is -1.72. The molecule has 0 heterocycles. The van der Waals surface area contributed by atoms with E-state index in [1.807, 2.05) is 42.5 Å². The summed E-state index contributed by atoms with van der Waals surface area (Å²) in [5, 5.41) is 0. The lowest BCUT2D eigenvalue weighted by Crippen LogP contribution is -2.11. The highest BCUT2D eigenvalue weighted by molar-refractivity contribution is 9.10. The van der Waals surface area contributed by atoms with Crippen LogP contribution < -0.4 is 19.9 Å². The van der Waals surface area contributed by atoms with Crippen LogP contribution in [0.5, 0.6) is 17.2 Å². The molecule has 2 aromatic carbocycles. The molecule has 0 bridgehead atoms. The van der Waals surface area contributed by atoms with Crippen molar-refractivity contribution in [1.29, 1.82) is 0 Å². The summed E-state index contributed by atoms with van der Waals surface area (Å²) in [4.78, 5) is 0. The Kier molecular flexibility index (Phi) is 5.90. The van der Waals surface area contributed by atoms with Gasteiger partial charge in [-0.25, -0.2) is 0 Å². The van der Waals surface area contributed by atoms with Gasteiger partial charge in [0.25, 0.3) is 0 Å². The Bertz CT molecular complexity index is 550. The maximum Gasteiger partial charge on any atom is 0.165 e. The van der Waals surface area contributed by atoms with Crippen LogP contribution in [0.15, 0.2) is 46.9 Å². The standard InChI is InChI=1S/C16H18BrNO3/c1-19-15-4-2-3-12(11-18)16(15)21-10-9-20-14-7-5-13(17)6-8-14/h2-8H,9-11,18H2,1H3. The minimum absolute atomic E-state index is 0.403. The van der Waals surface area contributed by atoms with Crippen molar-refractivity contribution in [2.24, 2.45) is 5.73 Å². The minimum atomic E-state index is 0.403. The van der Waals surface area contributed by atoms with Crippen LogP contribution in [0.2, 0.25) is 0 Å². The number of hydrogen-bond acceptors (Lipinski definition) is 4. The average Bonchev–Trinajstić information content (AvgIpc) is 2.53. The fourth-order valence-corrected chi connectivity index (χ4v) is 2.14. The third kappa shape index (κ3) is 4.37. The van der Waals surface area contributed by atoms with Gasteiger partial charge in [-0.3, -0.25) is 0 Å². The maximum atomic E-state index is 5.76. The van der Waals surface area contributed by atoms with E-state index >= 15 is 0 Å². The predicted molar refractivity (Wildman–Crippen MR) is 86.0 cm³/mol. The summed E-state index contributed by atoms with van der Waals surface area (Å²) in [6.45, 7) is 1.27. The summed E-state index contributed by atoms with van der Waals surface area (Å²) >= 11 is 3.38. The third-order valence-electron chi connectivity index (χ3n) is 2.91. The zero-order valence-corrected chi connectivity index (χ0v) is 13.4. The van der Waals surface area contributed by atoms with Gasteiger partial charge in [-0.2, -0.15) is 0 Å². The summed E-state index contributed by atoms with van der Waals surface area (Å²) in [5.41, 5.74) is 6.63. The first-order valence-corrected chi connectivity index (χ1v) is 7.41. The highest BCUT2D eigenvalue weighted by atomic mass is 79.9. The van der Waals surface area contributed by atoms with Gasteiger partial charge in [0.15, 0.2) is 11.5 Å². The number of benzene rings is 2. The fraction of sp³-hybridized carbons (Fsp3) is 0.250. The van der Waals surface area contributed by atoms with Crippen molar-refractivity contribution >= 4 is 15.9 Å². The molecule has 0 spiro atoms. The van der Waals surface area contributed by atoms with Gasteiger partial charge < -0.3 is 19.9 Å². The zero-order chi connectivity index (χ0) is 15.1. The average molecular weight is 352 g/mol. The van der Waals surface area contributed by atoms with E-state index in [4.69, 9.17) is 19.9 Å². The quantitative estimate of drug-likeness (QED) is 0.777. The van der Waals surface area contributed by atoms with Crippen molar-refractivity contribution in [2.45, 2.75) is 6.54 Å². The monoisotopic (exact) mass is 351 g/mol. The molecule has 0 aromatic heterocycles. The van der Waals surface area contributed by atoms with Gasteiger partial charge in [-0.1, -0.05) is 28.1 Å². The molecule has 0 atom stereocenters. The minimum Gasteiger partial charge on any atom is -0.493 e. The lowest BCUT2D eigenvalue weighted by Gasteiger charge is -2.14. The van der Waals surface area contributed by atoms with Crippen molar-refractivity contribution in [3.63, 3.8) is 0 Å². The molecule has 2 rings (SSSR count). The molecule has 0 fully saturated rings. The molecule has 0 saturated heterocycles. The van der Waals surface area contributed by atoms with Crippen molar-refractivity contribution in [1.82, 2.24) is 0 Å². The summed E-state index contributed by atoms with van der Waals surface area (Å²) in [5.74, 6) is 2.17. The van der Waals surface area contributed by atoms with Gasteiger partial charge in [0.2, 0.25) is 0 Å². The molecule has 0 aliphatic carbocycles. The SMILES string of the molecule is COc1cccc(CN)c1OCCOc1ccc(Br)cc1. The molecule has 0 aliphatic rings. The van der Waals surface area contributed by atoms with E-state index < -0.39 is 0 Å². The number of rotatable bonds is 7. The summed E-state index contributed by atoms with van der Waals surface area (Å²) in [6, 6.07) is 13.3. The van der Waals surface area contributed by atoms with Gasteiger partial charge >= 0.3 is 0 Å². The van der Waals surface area contributed by atoms with Crippen molar-refractivity contribution in [3.8, 4) is 17.2 Å². The Morgan fingerprint density at radius 3 is 2.38 bits per heavy atom. The summed E-state index contributed by atoms with van der Waals surface area (Å²) in [6.07, 6.45) is 0. The maximum absolute atomic E-state index is 5.76. The second-order valence-electron chi connectivity index (χ2n) is 4.30. The van der Waals surface area contributed by atoms with Gasteiger partial charge in [0.1, 0.15) is 19.0 Å². The second-order valence-corrected chi connectivity index (χ2v) is 5.22. The van der Waals surface area contributed by atoms with Gasteiger partial charge in [-0.05, 0) is 30.3 Å². The van der Waals surface area contributed by atoms with Crippen LogP contribution in [0, 0.1) is 0 Å². The first-order valence-electron chi connectivity index (χ1n) is 6.61. The van der Waals surface area contributed by atoms with Gasteiger partial charge in [0, 0.05) is 16.6 Å². The number of para-hydroxylation sites is 1. The van der Waals surface area contributed by atoms with Crippen molar-refractivity contribution in [2.75, 3.05) is 20.3 Å². The number of hydrogen-bond donors (Lipinski definition) is 1. The van der Waals surface area contributed by atoms with Gasteiger partial charge in [0.05, 0.1) is 7.11 Å². The molecule has 21 heavy (non-hydrogen) atoms. The van der Waals surface area contributed by atoms with Crippen LogP contribution in [0.1, 0.15) is 5.56 Å². The van der Waals surface area contributed by atoms with E-state index in [1.165, 1.54) is 0 Å². The lowest BCUT2D eigenvalue weighted by molar-refractivity contribution is 0.210. The van der Waals surface area contributed by atoms with E-state index in [9.17, 15) is 0 Å². The van der Waals surface area contributed by atoms with E-state index in [1.54, 1.807) is 7.11 Å². The zero-order valence-electron chi connectivity index (χ0n) is 11.8. The molecule has 2 aromatic rings. The van der Waals surface area contributed by atoms with Crippen LogP contribution in [0.4, 0.5) is 0 Å². The number of halogens is 1. The molecule has 112 valence electrons. The van der Waals surface area contributed by atoms with E-state index in [0.717, 1.165) is 15.8 Å². The molecule has 0 radical (unpaired) electrons. The normalized spacial score (nSPS) is 10.2. The Morgan fingerprint density at radius 2 is 1.71 bits per heavy atom. The van der Waals surface area contributed by atoms with Crippen molar-refractivity contribution < 1.29 is 14.2 Å². The fourth-order valence-electron chi connectivity index (χ4n) is 1.88. The molecule has 0 unspecified atom stereocenters. The van der Waals surface area contributed by atoms with Crippen LogP contribution in [-0.2, 0) is 6.54 Å². The third-order valence-corrected chi connectivity index (χ3v) is 3.44. The predicted octanol–water partition coefficient (Wildman–Crippen LogP) is 3.37. The summed E-state index contributed by atoms with van der Waals surface area (Å²) in [7, 11) is 1.61. The number of nitrogens with two attached hydrogens (primary N) is 1. The Morgan fingerprint density at radius 1 is 1.00 bits per heavy atom. The Balaban J connectivity index is 1.90. The van der Waals surface area contributed by atoms with Crippen molar-refractivity contribution in [3.05, 3.63) is 52.5 Å². The van der Waals surface area contributed by atoms with Crippen LogP contribution in [0.25, 0.3) is 0 Å². The summed E-state index contributed by atoms with van der Waals surface area (Å²) < 4.78 is 17.7. The first-order chi connectivity index (χ1) is 10.2. The smallest absolute Gasteiger partial charge is 0.165 e. The van der Waals surface area contributed by atoms with E-state index in [2.05, 4.69) is 15.9 Å². The molecule has 0 amide bonds. The van der Waals surface area contributed by atoms with E-state index in [-0.39, 0.29) is 0 Å². The molecule has 0 saturated carbocycles. The number of ether oxygens (including phenoxy) is 3. The highest BCUT2D eigenvalue weighted by Crippen LogP contribution is 2.30. The largest absolute Gasteiger partial charge is 0.493 e. The van der Waals surface area contributed by atoms with Crippen LogP contribution in [-0.4, -0.2) is 20.3 Å². The highest BCUT2D eigenvalue weighted by Gasteiger charge is 2.09. The second kappa shape index (κ2) is 7.90. The molecular weight excluding hydrogens is 334 g/mol. The molecule has 4 nitrogen and oxygen atoms in total. The molecular formula is C16H18BrNO3. The molecule has 5 heteroatoms. The molecule has 0 aliphatic heterocycles. The first kappa shape index (κ1) is 15.7.